The molecule has 1 aliphatic heterocycles. The molecule has 1 aliphatic rings. The lowest BCUT2D eigenvalue weighted by Gasteiger charge is -2.26. The van der Waals surface area contributed by atoms with Crippen LogP contribution in [-0.4, -0.2) is 41.8 Å². The molecule has 1 saturated heterocycles. The third-order valence-corrected chi connectivity index (χ3v) is 4.11. The Hall–Kier alpha value is -3.03. The smallest absolute Gasteiger partial charge is 0.278 e. The number of aromatic nitrogens is 2. The first-order valence-electron chi connectivity index (χ1n) is 8.92. The van der Waals surface area contributed by atoms with Crippen LogP contribution in [0.1, 0.15) is 30.5 Å². The number of benzene rings is 1. The zero-order chi connectivity index (χ0) is 19.1. The Labute approximate surface area is 157 Å². The first kappa shape index (κ1) is 18.8. The summed E-state index contributed by atoms with van der Waals surface area (Å²) in [5.74, 6) is 0.103. The summed E-state index contributed by atoms with van der Waals surface area (Å²) in [7, 11) is 0. The number of piperidine rings is 1. The number of amides is 1. The maximum Gasteiger partial charge on any atom is 0.278 e. The van der Waals surface area contributed by atoms with E-state index in [-0.39, 0.29) is 12.2 Å². The van der Waals surface area contributed by atoms with Crippen molar-refractivity contribution in [1.29, 1.82) is 0 Å². The van der Waals surface area contributed by atoms with E-state index in [1.807, 2.05) is 6.92 Å². The topological polar surface area (TPSA) is 79.7 Å². The molecule has 0 radical (unpaired) electrons. The molecule has 0 saturated carbocycles. The number of halogens is 1. The number of hydrogen-bond acceptors (Lipinski definition) is 6. The van der Waals surface area contributed by atoms with Crippen LogP contribution in [-0.2, 0) is 4.79 Å². The Morgan fingerprint density at radius 2 is 2.07 bits per heavy atom. The number of anilines is 1. The van der Waals surface area contributed by atoms with E-state index in [1.165, 1.54) is 18.7 Å². The molecule has 0 unspecified atom stereocenters. The molecule has 8 heteroatoms. The van der Waals surface area contributed by atoms with Crippen LogP contribution in [0.2, 0.25) is 0 Å². The van der Waals surface area contributed by atoms with Crippen molar-refractivity contribution < 1.29 is 13.9 Å². The van der Waals surface area contributed by atoms with E-state index in [2.05, 4.69) is 25.4 Å². The molecule has 142 valence electrons. The molecule has 1 aromatic heterocycles. The van der Waals surface area contributed by atoms with Crippen molar-refractivity contribution in [2.75, 3.05) is 24.6 Å². The maximum atomic E-state index is 13.5. The lowest BCUT2D eigenvalue weighted by Crippen LogP contribution is -2.31. The van der Waals surface area contributed by atoms with Crippen molar-refractivity contribution in [3.05, 3.63) is 47.4 Å². The van der Waals surface area contributed by atoms with E-state index in [0.29, 0.717) is 11.8 Å². The molecular weight excluding hydrogens is 349 g/mol. The molecule has 3 rings (SSSR count). The first-order valence-corrected chi connectivity index (χ1v) is 8.92. The van der Waals surface area contributed by atoms with Crippen molar-refractivity contribution >= 4 is 18.1 Å². The zero-order valence-corrected chi connectivity index (χ0v) is 15.2. The summed E-state index contributed by atoms with van der Waals surface area (Å²) in [5.41, 5.74) is 3.37. The minimum absolute atomic E-state index is 0.246. The Kier molecular flexibility index (Phi) is 6.30. The van der Waals surface area contributed by atoms with Gasteiger partial charge in [0.15, 0.2) is 6.61 Å². The number of nitrogens with zero attached hydrogens (tertiary/aromatic N) is 4. The minimum atomic E-state index is -0.460. The van der Waals surface area contributed by atoms with Crippen molar-refractivity contribution in [3.63, 3.8) is 0 Å². The molecule has 2 heterocycles. The molecule has 1 amide bonds. The number of hydrazone groups is 1. The van der Waals surface area contributed by atoms with Gasteiger partial charge in [-0.25, -0.2) is 14.8 Å². The summed E-state index contributed by atoms with van der Waals surface area (Å²) in [6, 6.07) is 7.84. The molecule has 0 spiro atoms. The van der Waals surface area contributed by atoms with Crippen LogP contribution in [0.5, 0.6) is 5.88 Å². The van der Waals surface area contributed by atoms with Crippen molar-refractivity contribution in [2.45, 2.75) is 26.2 Å². The van der Waals surface area contributed by atoms with Crippen LogP contribution in [0, 0.1) is 12.7 Å². The molecule has 0 aliphatic carbocycles. The Bertz CT molecular complexity index is 821. The average Bonchev–Trinajstić information content (AvgIpc) is 2.68. The number of carbonyl (C=O) groups is 1. The molecule has 7 nitrogen and oxygen atoms in total. The second kappa shape index (κ2) is 9.07. The molecule has 2 aromatic rings. The van der Waals surface area contributed by atoms with Crippen molar-refractivity contribution in [2.24, 2.45) is 5.10 Å². The second-order valence-corrected chi connectivity index (χ2v) is 6.30. The van der Waals surface area contributed by atoms with Crippen LogP contribution in [0.4, 0.5) is 10.3 Å². The fourth-order valence-corrected chi connectivity index (χ4v) is 2.76. The van der Waals surface area contributed by atoms with Gasteiger partial charge >= 0.3 is 0 Å². The van der Waals surface area contributed by atoms with Gasteiger partial charge in [0, 0.05) is 30.4 Å². The number of rotatable bonds is 6. The minimum Gasteiger partial charge on any atom is -0.467 e. The monoisotopic (exact) mass is 371 g/mol. The van der Waals surface area contributed by atoms with Crippen molar-refractivity contribution in [3.8, 4) is 5.88 Å². The number of hydrogen-bond donors (Lipinski definition) is 1. The average molecular weight is 371 g/mol. The summed E-state index contributed by atoms with van der Waals surface area (Å²) in [6.07, 6.45) is 4.71. The van der Waals surface area contributed by atoms with Crippen molar-refractivity contribution in [1.82, 2.24) is 15.4 Å². The largest absolute Gasteiger partial charge is 0.467 e. The highest BCUT2D eigenvalue weighted by Crippen LogP contribution is 2.19. The fraction of sp³-hybridized carbons (Fsp3) is 0.368. The van der Waals surface area contributed by atoms with Gasteiger partial charge in [-0.3, -0.25) is 4.79 Å². The van der Waals surface area contributed by atoms with E-state index < -0.39 is 11.7 Å². The van der Waals surface area contributed by atoms with Gasteiger partial charge in [-0.2, -0.15) is 10.1 Å². The number of carbonyl (C=O) groups excluding carboxylic acids is 1. The third kappa shape index (κ3) is 5.47. The summed E-state index contributed by atoms with van der Waals surface area (Å²) in [5, 5.41) is 3.74. The summed E-state index contributed by atoms with van der Waals surface area (Å²) >= 11 is 0. The fourth-order valence-electron chi connectivity index (χ4n) is 2.76. The van der Waals surface area contributed by atoms with Gasteiger partial charge < -0.3 is 9.64 Å². The highest BCUT2D eigenvalue weighted by molar-refractivity contribution is 5.83. The SMILES string of the molecule is Cc1cc(OCC(=O)NN=Cc2ccccc2F)nc(N2CCCCC2)n1. The van der Waals surface area contributed by atoms with Crippen LogP contribution in [0.25, 0.3) is 0 Å². The van der Waals surface area contributed by atoms with Gasteiger partial charge in [0.2, 0.25) is 11.8 Å². The van der Waals surface area contributed by atoms with E-state index in [1.54, 1.807) is 24.3 Å². The first-order chi connectivity index (χ1) is 13.1. The summed E-state index contributed by atoms with van der Waals surface area (Å²) in [6.45, 7) is 3.47. The number of ether oxygens (including phenoxy) is 1. The molecular formula is C19H22FN5O2. The van der Waals surface area contributed by atoms with E-state index >= 15 is 0 Å². The standard InChI is InChI=1S/C19H22FN5O2/c1-14-11-18(23-19(22-14)25-9-5-2-6-10-25)27-13-17(26)24-21-12-15-7-3-4-8-16(15)20/h3-4,7-8,11-12H,2,5-6,9-10,13H2,1H3,(H,24,26). The van der Waals surface area contributed by atoms with Crippen LogP contribution in [0.3, 0.4) is 0 Å². The molecule has 1 fully saturated rings. The zero-order valence-electron chi connectivity index (χ0n) is 15.2. The predicted octanol–water partition coefficient (Wildman–Crippen LogP) is 2.44. The van der Waals surface area contributed by atoms with Gasteiger partial charge in [0.05, 0.1) is 6.21 Å². The third-order valence-electron chi connectivity index (χ3n) is 4.11. The van der Waals surface area contributed by atoms with E-state index in [0.717, 1.165) is 31.6 Å². The van der Waals surface area contributed by atoms with Gasteiger partial charge in [-0.05, 0) is 32.3 Å². The van der Waals surface area contributed by atoms with Crippen LogP contribution >= 0.6 is 0 Å². The van der Waals surface area contributed by atoms with Crippen LogP contribution in [0.15, 0.2) is 35.4 Å². The Morgan fingerprint density at radius 3 is 2.85 bits per heavy atom. The van der Waals surface area contributed by atoms with Gasteiger partial charge in [0.25, 0.3) is 5.91 Å². The Balaban J connectivity index is 1.54. The predicted molar refractivity (Wildman–Crippen MR) is 100 cm³/mol. The van der Waals surface area contributed by atoms with Gasteiger partial charge in [-0.15, -0.1) is 0 Å². The highest BCUT2D eigenvalue weighted by Gasteiger charge is 2.15. The lowest BCUT2D eigenvalue weighted by molar-refractivity contribution is -0.123. The van der Waals surface area contributed by atoms with Gasteiger partial charge in [0.1, 0.15) is 5.82 Å². The molecule has 1 aromatic carbocycles. The molecule has 0 bridgehead atoms. The Morgan fingerprint density at radius 1 is 1.30 bits per heavy atom. The normalized spacial score (nSPS) is 14.4. The molecule has 27 heavy (non-hydrogen) atoms. The number of aryl methyl sites for hydroxylation is 1. The number of nitrogens with one attached hydrogen (secondary N) is 1. The molecule has 1 N–H and O–H groups in total. The highest BCUT2D eigenvalue weighted by atomic mass is 19.1. The lowest BCUT2D eigenvalue weighted by atomic mass is 10.1. The van der Waals surface area contributed by atoms with Gasteiger partial charge in [-0.1, -0.05) is 18.2 Å². The van der Waals surface area contributed by atoms with E-state index in [4.69, 9.17) is 4.74 Å². The maximum absolute atomic E-state index is 13.5. The quantitative estimate of drug-likeness (QED) is 0.623. The van der Waals surface area contributed by atoms with Crippen LogP contribution < -0.4 is 15.1 Å². The summed E-state index contributed by atoms with van der Waals surface area (Å²) in [4.78, 5) is 22.8. The molecule has 0 atom stereocenters. The second-order valence-electron chi connectivity index (χ2n) is 6.30. The van der Waals surface area contributed by atoms with E-state index in [9.17, 15) is 9.18 Å². The summed E-state index contributed by atoms with van der Waals surface area (Å²) < 4.78 is 18.9.